The third kappa shape index (κ3) is 6.61. The Morgan fingerprint density at radius 2 is 1.57 bits per heavy atom. The highest BCUT2D eigenvalue weighted by molar-refractivity contribution is 6.02. The van der Waals surface area contributed by atoms with E-state index in [1.165, 1.54) is 24.5 Å². The summed E-state index contributed by atoms with van der Waals surface area (Å²) < 4.78 is 59.4. The summed E-state index contributed by atoms with van der Waals surface area (Å²) in [6.07, 6.45) is -0.998. The van der Waals surface area contributed by atoms with Crippen LogP contribution < -0.4 is 21.1 Å². The first-order valence-electron chi connectivity index (χ1n) is 12.4. The van der Waals surface area contributed by atoms with Crippen LogP contribution in [-0.4, -0.2) is 21.0 Å². The Kier molecular flexibility index (Phi) is 7.69. The van der Waals surface area contributed by atoms with E-state index in [-0.39, 0.29) is 23.2 Å². The number of carbonyl (C=O) groups is 1. The lowest BCUT2D eigenvalue weighted by Crippen LogP contribution is -2.20. The van der Waals surface area contributed by atoms with E-state index in [9.17, 15) is 22.4 Å². The number of amides is 2. The number of urea groups is 1. The molecular weight excluding hydrogens is 552 g/mol. The van der Waals surface area contributed by atoms with Crippen LogP contribution in [0.5, 0.6) is 11.8 Å². The molecule has 5 aromatic rings. The molecule has 0 radical (unpaired) electrons. The lowest BCUT2D eigenvalue weighted by atomic mass is 9.99. The quantitative estimate of drug-likeness (QED) is 0.179. The van der Waals surface area contributed by atoms with Crippen molar-refractivity contribution in [2.45, 2.75) is 13.1 Å². The Morgan fingerprint density at radius 1 is 0.833 bits per heavy atom. The summed E-state index contributed by atoms with van der Waals surface area (Å²) in [7, 11) is 0. The Hall–Kier alpha value is -5.52. The van der Waals surface area contributed by atoms with Gasteiger partial charge in [0.2, 0.25) is 0 Å². The molecule has 2 amide bonds. The second-order valence-corrected chi connectivity index (χ2v) is 9.17. The number of halogens is 4. The molecular formula is C30H22F4N6O2. The van der Waals surface area contributed by atoms with E-state index in [0.717, 1.165) is 23.9 Å². The molecule has 0 bridgehead atoms. The van der Waals surface area contributed by atoms with Gasteiger partial charge in [-0.15, -0.1) is 0 Å². The fourth-order valence-electron chi connectivity index (χ4n) is 4.10. The van der Waals surface area contributed by atoms with Crippen LogP contribution in [-0.2, 0) is 6.18 Å². The van der Waals surface area contributed by atoms with Crippen molar-refractivity contribution in [3.63, 3.8) is 0 Å². The number of nitrogens with zero attached hydrogens (tertiary/aromatic N) is 3. The number of ether oxygens (including phenoxy) is 1. The van der Waals surface area contributed by atoms with Gasteiger partial charge in [-0.25, -0.2) is 24.1 Å². The number of rotatable bonds is 6. The van der Waals surface area contributed by atoms with E-state index in [4.69, 9.17) is 10.5 Å². The Morgan fingerprint density at radius 3 is 2.26 bits per heavy atom. The number of nitrogens with one attached hydrogen (secondary N) is 2. The fourth-order valence-corrected chi connectivity index (χ4v) is 4.10. The number of hydrogen-bond donors (Lipinski definition) is 3. The highest BCUT2D eigenvalue weighted by atomic mass is 19.4. The molecule has 0 aliphatic rings. The summed E-state index contributed by atoms with van der Waals surface area (Å²) in [6, 6.07) is 17.4. The molecule has 0 atom stereocenters. The molecule has 12 heteroatoms. The minimum atomic E-state index is -4.59. The molecule has 0 spiro atoms. The van der Waals surface area contributed by atoms with Gasteiger partial charge in [-0.3, -0.25) is 0 Å². The lowest BCUT2D eigenvalue weighted by molar-refractivity contribution is -0.137. The molecule has 0 aliphatic heterocycles. The summed E-state index contributed by atoms with van der Waals surface area (Å²) in [5.41, 5.74) is 8.12. The number of alkyl halides is 3. The van der Waals surface area contributed by atoms with Crippen LogP contribution in [0.3, 0.4) is 0 Å². The number of nitrogen functional groups attached to an aromatic ring is 1. The maximum atomic E-state index is 13.6. The van der Waals surface area contributed by atoms with Crippen LogP contribution in [0.4, 0.5) is 39.5 Å². The number of aryl methyl sites for hydroxylation is 1. The number of nitrogens with two attached hydrogens (primary N) is 1. The molecule has 0 fully saturated rings. The van der Waals surface area contributed by atoms with Gasteiger partial charge in [-0.2, -0.15) is 13.2 Å². The number of anilines is 3. The van der Waals surface area contributed by atoms with Crippen molar-refractivity contribution in [1.82, 2.24) is 15.0 Å². The van der Waals surface area contributed by atoms with Crippen LogP contribution >= 0.6 is 0 Å². The smallest absolute Gasteiger partial charge is 0.416 e. The van der Waals surface area contributed by atoms with Gasteiger partial charge in [-0.05, 0) is 48.4 Å². The zero-order chi connectivity index (χ0) is 29.9. The molecule has 5 rings (SSSR count). The van der Waals surface area contributed by atoms with Gasteiger partial charge in [0.1, 0.15) is 17.4 Å². The van der Waals surface area contributed by atoms with Crippen molar-refractivity contribution in [2.75, 3.05) is 16.4 Å². The Balaban J connectivity index is 1.27. The number of carbonyl (C=O) groups excluding carboxylic acids is 1. The zero-order valence-corrected chi connectivity index (χ0v) is 21.9. The molecule has 2 aromatic heterocycles. The largest absolute Gasteiger partial charge is 0.424 e. The first-order valence-corrected chi connectivity index (χ1v) is 12.4. The van der Waals surface area contributed by atoms with Gasteiger partial charge in [0.15, 0.2) is 0 Å². The first kappa shape index (κ1) is 28.0. The minimum absolute atomic E-state index is 0.0203. The second kappa shape index (κ2) is 11.5. The molecule has 0 unspecified atom stereocenters. The average molecular weight is 575 g/mol. The van der Waals surface area contributed by atoms with Crippen molar-refractivity contribution < 1.29 is 27.1 Å². The topological polar surface area (TPSA) is 115 Å². The lowest BCUT2D eigenvalue weighted by Gasteiger charge is -2.16. The van der Waals surface area contributed by atoms with E-state index in [1.807, 2.05) is 13.0 Å². The predicted octanol–water partition coefficient (Wildman–Crippen LogP) is 7.69. The molecule has 8 nitrogen and oxygen atoms in total. The predicted molar refractivity (Wildman–Crippen MR) is 150 cm³/mol. The highest BCUT2D eigenvalue weighted by Crippen LogP contribution is 2.36. The number of pyridine rings is 1. The van der Waals surface area contributed by atoms with E-state index in [1.54, 1.807) is 42.5 Å². The molecule has 0 aliphatic carbocycles. The fraction of sp³-hybridized carbons (Fsp3) is 0.0667. The molecule has 3 aromatic carbocycles. The number of aromatic nitrogens is 3. The third-order valence-corrected chi connectivity index (χ3v) is 6.07. The van der Waals surface area contributed by atoms with E-state index in [2.05, 4.69) is 25.6 Å². The van der Waals surface area contributed by atoms with Crippen LogP contribution in [0.1, 0.15) is 11.1 Å². The van der Waals surface area contributed by atoms with Crippen molar-refractivity contribution in [3.8, 4) is 34.0 Å². The molecule has 2 heterocycles. The van der Waals surface area contributed by atoms with Gasteiger partial charge < -0.3 is 21.1 Å². The summed E-state index contributed by atoms with van der Waals surface area (Å²) in [5, 5.41) is 5.00. The number of hydrogen-bond acceptors (Lipinski definition) is 6. The van der Waals surface area contributed by atoms with Crippen molar-refractivity contribution in [3.05, 3.63) is 108 Å². The van der Waals surface area contributed by atoms with E-state index >= 15 is 0 Å². The van der Waals surface area contributed by atoms with E-state index < -0.39 is 23.6 Å². The number of benzene rings is 3. The maximum Gasteiger partial charge on any atom is 0.416 e. The van der Waals surface area contributed by atoms with Crippen LogP contribution in [0.15, 0.2) is 91.4 Å². The maximum absolute atomic E-state index is 13.6. The Labute approximate surface area is 237 Å². The summed E-state index contributed by atoms with van der Waals surface area (Å²) in [5.74, 6) is 0.0465. The molecule has 0 saturated carbocycles. The summed E-state index contributed by atoms with van der Waals surface area (Å²) >= 11 is 0. The monoisotopic (exact) mass is 574 g/mol. The Bertz CT molecular complexity index is 1740. The normalized spacial score (nSPS) is 11.2. The van der Waals surface area contributed by atoms with E-state index in [0.29, 0.717) is 28.0 Å². The average Bonchev–Trinajstić information content (AvgIpc) is 2.95. The summed E-state index contributed by atoms with van der Waals surface area (Å²) in [4.78, 5) is 24.7. The van der Waals surface area contributed by atoms with Gasteiger partial charge >= 0.3 is 18.2 Å². The van der Waals surface area contributed by atoms with Gasteiger partial charge in [0.25, 0.3) is 0 Å². The van der Waals surface area contributed by atoms with Crippen LogP contribution in [0.2, 0.25) is 0 Å². The second-order valence-electron chi connectivity index (χ2n) is 9.17. The third-order valence-electron chi connectivity index (χ3n) is 6.07. The van der Waals surface area contributed by atoms with Crippen molar-refractivity contribution in [2.24, 2.45) is 0 Å². The molecule has 0 saturated heterocycles. The highest BCUT2D eigenvalue weighted by Gasteiger charge is 2.31. The first-order chi connectivity index (χ1) is 20.0. The molecule has 4 N–H and O–H groups in total. The molecule has 42 heavy (non-hydrogen) atoms. The summed E-state index contributed by atoms with van der Waals surface area (Å²) in [6.45, 7) is 1.86. The van der Waals surface area contributed by atoms with Crippen LogP contribution in [0, 0.1) is 12.7 Å². The standard InChI is InChI=1S/C30H22F4N6O2/c1-17-3-2-4-19(11-17)24-10-7-20(30(32,33)34)12-26(24)40-28(41)39-22-15-37-29(38-16-22)42-23-8-5-18(6-9-23)25-13-21(31)14-36-27(25)35/h2-16H,1H3,(H2,35,36)(H2,39,40,41). The van der Waals surface area contributed by atoms with Crippen molar-refractivity contribution in [1.29, 1.82) is 0 Å². The molecule has 212 valence electrons. The van der Waals surface area contributed by atoms with Gasteiger partial charge in [0.05, 0.1) is 35.5 Å². The van der Waals surface area contributed by atoms with Gasteiger partial charge in [0, 0.05) is 11.1 Å². The SMILES string of the molecule is Cc1cccc(-c2ccc(C(F)(F)F)cc2NC(=O)Nc2cnc(Oc3ccc(-c4cc(F)cnc4N)cc3)nc2)c1. The van der Waals surface area contributed by atoms with Crippen molar-refractivity contribution >= 4 is 23.2 Å². The minimum Gasteiger partial charge on any atom is -0.424 e. The van der Waals surface area contributed by atoms with Crippen LogP contribution in [0.25, 0.3) is 22.3 Å². The van der Waals surface area contributed by atoms with Gasteiger partial charge in [-0.1, -0.05) is 48.0 Å². The zero-order valence-electron chi connectivity index (χ0n) is 21.9.